The summed E-state index contributed by atoms with van der Waals surface area (Å²) in [6, 6.07) is 3.81. The zero-order valence-electron chi connectivity index (χ0n) is 11.6. The highest BCUT2D eigenvalue weighted by Gasteiger charge is 2.29. The molecule has 2 N–H and O–H groups in total. The number of nitrogens with one attached hydrogen (secondary N) is 1. The molecule has 1 saturated heterocycles. The van der Waals surface area contributed by atoms with Gasteiger partial charge in [0.25, 0.3) is 0 Å². The third kappa shape index (κ3) is 4.16. The summed E-state index contributed by atoms with van der Waals surface area (Å²) in [6.07, 6.45) is 1.37. The fourth-order valence-corrected chi connectivity index (χ4v) is 2.26. The van der Waals surface area contributed by atoms with Crippen LogP contribution in [0.3, 0.4) is 0 Å². The monoisotopic (exact) mass is 266 g/mol. The number of rotatable bonds is 5. The Kier molecular flexibility index (Phi) is 4.74. The van der Waals surface area contributed by atoms with Crippen LogP contribution in [0.25, 0.3) is 0 Å². The summed E-state index contributed by atoms with van der Waals surface area (Å²) >= 11 is 0. The molecule has 0 radical (unpaired) electrons. The van der Waals surface area contributed by atoms with Gasteiger partial charge in [0.1, 0.15) is 5.75 Å². The van der Waals surface area contributed by atoms with Crippen LogP contribution in [0.2, 0.25) is 0 Å². The Morgan fingerprint density at radius 2 is 2.16 bits per heavy atom. The molecule has 19 heavy (non-hydrogen) atoms. The van der Waals surface area contributed by atoms with Crippen LogP contribution >= 0.6 is 0 Å². The molecule has 2 heterocycles. The summed E-state index contributed by atoms with van der Waals surface area (Å²) in [5.41, 5.74) is 1.21. The van der Waals surface area contributed by atoms with Crippen LogP contribution in [-0.4, -0.2) is 42.6 Å². The van der Waals surface area contributed by atoms with Gasteiger partial charge < -0.3 is 19.9 Å². The Morgan fingerprint density at radius 3 is 2.84 bits per heavy atom. The van der Waals surface area contributed by atoms with Gasteiger partial charge in [-0.25, -0.2) is 0 Å². The first-order valence-electron chi connectivity index (χ1n) is 6.64. The van der Waals surface area contributed by atoms with E-state index in [1.165, 1.54) is 0 Å². The lowest BCUT2D eigenvalue weighted by Crippen LogP contribution is -2.44. The molecule has 0 saturated carbocycles. The highest BCUT2D eigenvalue weighted by Crippen LogP contribution is 2.19. The van der Waals surface area contributed by atoms with Gasteiger partial charge in [0, 0.05) is 57.0 Å². The number of hydrogen-bond donors (Lipinski definition) is 2. The fraction of sp³-hybridized carbons (Fsp3) is 0.643. The summed E-state index contributed by atoms with van der Waals surface area (Å²) in [5.74, 6) is 0.814. The van der Waals surface area contributed by atoms with Crippen LogP contribution < -0.4 is 10.1 Å². The molecule has 1 aromatic heterocycles. The van der Waals surface area contributed by atoms with Gasteiger partial charge >= 0.3 is 0 Å². The van der Waals surface area contributed by atoms with Crippen molar-refractivity contribution >= 4 is 0 Å². The maximum Gasteiger partial charge on any atom is 0.122 e. The molecule has 0 aliphatic carbocycles. The topological polar surface area (TPSA) is 63.6 Å². The van der Waals surface area contributed by atoms with E-state index < -0.39 is 5.60 Å². The van der Waals surface area contributed by atoms with Crippen LogP contribution in [0.4, 0.5) is 0 Å². The first-order chi connectivity index (χ1) is 9.11. The number of methoxy groups -OCH3 is 1. The number of pyridine rings is 1. The highest BCUT2D eigenvalue weighted by molar-refractivity contribution is 5.26. The molecule has 5 heteroatoms. The maximum absolute atomic E-state index is 10.3. The molecule has 0 atom stereocenters. The Labute approximate surface area is 114 Å². The van der Waals surface area contributed by atoms with E-state index in [2.05, 4.69) is 10.3 Å². The standard InChI is InChI=1S/C14H22N2O3/c1-11-7-13(18-2)8-12(16-11)9-15-10-14(17)3-5-19-6-4-14/h7-8,15,17H,3-6,9-10H2,1-2H3. The zero-order chi connectivity index (χ0) is 13.7. The van der Waals surface area contributed by atoms with Gasteiger partial charge in [-0.15, -0.1) is 0 Å². The number of hydrogen-bond acceptors (Lipinski definition) is 5. The Bertz CT molecular complexity index is 417. The fourth-order valence-electron chi connectivity index (χ4n) is 2.26. The second-order valence-electron chi connectivity index (χ2n) is 5.08. The van der Waals surface area contributed by atoms with Crippen LogP contribution in [0.5, 0.6) is 5.75 Å². The van der Waals surface area contributed by atoms with Crippen LogP contribution in [0, 0.1) is 6.92 Å². The van der Waals surface area contributed by atoms with E-state index in [9.17, 15) is 5.11 Å². The smallest absolute Gasteiger partial charge is 0.122 e. The third-order valence-electron chi connectivity index (χ3n) is 3.40. The molecular formula is C14H22N2O3. The van der Waals surface area contributed by atoms with E-state index in [-0.39, 0.29) is 0 Å². The molecule has 1 fully saturated rings. The van der Waals surface area contributed by atoms with E-state index in [1.54, 1.807) is 7.11 Å². The number of nitrogens with zero attached hydrogens (tertiary/aromatic N) is 1. The molecule has 0 amide bonds. The van der Waals surface area contributed by atoms with Crippen molar-refractivity contribution in [2.75, 3.05) is 26.9 Å². The van der Waals surface area contributed by atoms with Gasteiger partial charge in [0.15, 0.2) is 0 Å². The number of aryl methyl sites for hydroxylation is 1. The average molecular weight is 266 g/mol. The predicted molar refractivity (Wildman–Crippen MR) is 72.2 cm³/mol. The second kappa shape index (κ2) is 6.32. The van der Waals surface area contributed by atoms with Gasteiger partial charge in [-0.1, -0.05) is 0 Å². The summed E-state index contributed by atoms with van der Waals surface area (Å²) in [4.78, 5) is 4.44. The molecule has 5 nitrogen and oxygen atoms in total. The van der Waals surface area contributed by atoms with Gasteiger partial charge in [0.05, 0.1) is 18.4 Å². The first kappa shape index (κ1) is 14.2. The van der Waals surface area contributed by atoms with Crippen molar-refractivity contribution in [3.8, 4) is 5.75 Å². The lowest BCUT2D eigenvalue weighted by atomic mass is 9.94. The molecule has 0 aromatic carbocycles. The van der Waals surface area contributed by atoms with Gasteiger partial charge in [-0.2, -0.15) is 0 Å². The highest BCUT2D eigenvalue weighted by atomic mass is 16.5. The van der Waals surface area contributed by atoms with E-state index >= 15 is 0 Å². The molecule has 1 aromatic rings. The molecule has 0 bridgehead atoms. The van der Waals surface area contributed by atoms with Crippen molar-refractivity contribution in [3.05, 3.63) is 23.5 Å². The van der Waals surface area contributed by atoms with Gasteiger partial charge in [0.2, 0.25) is 0 Å². The van der Waals surface area contributed by atoms with Gasteiger partial charge in [-0.3, -0.25) is 4.98 Å². The van der Waals surface area contributed by atoms with E-state index in [0.29, 0.717) is 39.1 Å². The summed E-state index contributed by atoms with van der Waals surface area (Å²) in [7, 11) is 1.65. The zero-order valence-corrected chi connectivity index (χ0v) is 11.6. The molecule has 0 spiro atoms. The Balaban J connectivity index is 1.86. The quantitative estimate of drug-likeness (QED) is 0.833. The van der Waals surface area contributed by atoms with Crippen molar-refractivity contribution in [3.63, 3.8) is 0 Å². The van der Waals surface area contributed by atoms with E-state index in [1.807, 2.05) is 19.1 Å². The van der Waals surface area contributed by atoms with Crippen LogP contribution in [0.15, 0.2) is 12.1 Å². The normalized spacial score (nSPS) is 18.3. The second-order valence-corrected chi connectivity index (χ2v) is 5.08. The lowest BCUT2D eigenvalue weighted by molar-refractivity contribution is -0.0617. The molecule has 106 valence electrons. The number of aromatic nitrogens is 1. The average Bonchev–Trinajstić information content (AvgIpc) is 2.38. The minimum Gasteiger partial charge on any atom is -0.497 e. The van der Waals surface area contributed by atoms with Crippen molar-refractivity contribution in [2.45, 2.75) is 31.9 Å². The molecular weight excluding hydrogens is 244 g/mol. The minimum absolute atomic E-state index is 0.564. The van der Waals surface area contributed by atoms with Gasteiger partial charge in [-0.05, 0) is 6.92 Å². The van der Waals surface area contributed by atoms with Crippen molar-refractivity contribution in [1.29, 1.82) is 0 Å². The molecule has 1 aliphatic heterocycles. The third-order valence-corrected chi connectivity index (χ3v) is 3.40. The summed E-state index contributed by atoms with van der Waals surface area (Å²) < 4.78 is 10.5. The summed E-state index contributed by atoms with van der Waals surface area (Å²) in [6.45, 7) is 4.40. The number of ether oxygens (including phenoxy) is 2. The largest absolute Gasteiger partial charge is 0.497 e. The maximum atomic E-state index is 10.3. The van der Waals surface area contributed by atoms with Crippen molar-refractivity contribution in [1.82, 2.24) is 10.3 Å². The van der Waals surface area contributed by atoms with Crippen LogP contribution in [-0.2, 0) is 11.3 Å². The molecule has 2 rings (SSSR count). The van der Waals surface area contributed by atoms with Crippen LogP contribution in [0.1, 0.15) is 24.2 Å². The van der Waals surface area contributed by atoms with E-state index in [0.717, 1.165) is 17.1 Å². The Morgan fingerprint density at radius 1 is 1.42 bits per heavy atom. The first-order valence-corrected chi connectivity index (χ1v) is 6.64. The van der Waals surface area contributed by atoms with E-state index in [4.69, 9.17) is 9.47 Å². The molecule has 1 aliphatic rings. The SMILES string of the molecule is COc1cc(C)nc(CNCC2(O)CCOCC2)c1. The number of aliphatic hydroxyl groups is 1. The minimum atomic E-state index is -0.647. The lowest BCUT2D eigenvalue weighted by Gasteiger charge is -2.32. The summed E-state index contributed by atoms with van der Waals surface area (Å²) in [5, 5.41) is 13.6. The van der Waals surface area contributed by atoms with Crippen molar-refractivity contribution < 1.29 is 14.6 Å². The van der Waals surface area contributed by atoms with Crippen molar-refractivity contribution in [2.24, 2.45) is 0 Å². The Hall–Kier alpha value is -1.17. The predicted octanol–water partition coefficient (Wildman–Crippen LogP) is 1.03. The molecule has 0 unspecified atom stereocenters.